The molecule has 0 aliphatic heterocycles. The summed E-state index contributed by atoms with van der Waals surface area (Å²) in [6, 6.07) is 3.37. The van der Waals surface area contributed by atoms with Crippen LogP contribution in [0.5, 0.6) is 5.75 Å². The van der Waals surface area contributed by atoms with E-state index in [1.54, 1.807) is 40.7 Å². The molecule has 0 bridgehead atoms. The summed E-state index contributed by atoms with van der Waals surface area (Å²) in [6.45, 7) is 14.1. The van der Waals surface area contributed by atoms with Crippen LogP contribution in [-0.2, 0) is 14.3 Å². The number of benzene rings is 1. The van der Waals surface area contributed by atoms with Crippen LogP contribution < -0.4 is 10.1 Å². The van der Waals surface area contributed by atoms with E-state index in [1.807, 2.05) is 13.8 Å². The second kappa shape index (κ2) is 9.75. The number of nitrogens with one attached hydrogen (secondary N) is 1. The smallest absolute Gasteiger partial charge is 0.408 e. The first kappa shape index (κ1) is 23.7. The Balaban J connectivity index is 2.74. The van der Waals surface area contributed by atoms with Gasteiger partial charge in [0, 0.05) is 0 Å². The number of halogens is 1. The maximum absolute atomic E-state index is 13.3. The molecule has 158 valence electrons. The lowest BCUT2D eigenvalue weighted by atomic mass is 10.0. The van der Waals surface area contributed by atoms with Crippen molar-refractivity contribution in [3.63, 3.8) is 0 Å². The number of carbonyl (C=O) groups excluding carboxylic acids is 2. The van der Waals surface area contributed by atoms with Gasteiger partial charge in [-0.15, -0.1) is 0 Å². The highest BCUT2D eigenvalue weighted by atomic mass is 19.1. The third kappa shape index (κ3) is 7.74. The molecule has 1 rings (SSSR count). The molecule has 28 heavy (non-hydrogen) atoms. The Hall–Kier alpha value is -2.31. The first-order chi connectivity index (χ1) is 12.8. The molecule has 0 radical (unpaired) electrons. The fraction of sp³-hybridized carbons (Fsp3) is 0.619. The van der Waals surface area contributed by atoms with Gasteiger partial charge < -0.3 is 19.5 Å². The van der Waals surface area contributed by atoms with E-state index in [0.29, 0.717) is 11.3 Å². The van der Waals surface area contributed by atoms with Crippen LogP contribution in [0.3, 0.4) is 0 Å². The number of hydrogen-bond donors (Lipinski definition) is 1. The quantitative estimate of drug-likeness (QED) is 0.691. The molecule has 1 aromatic rings. The molecule has 0 saturated carbocycles. The van der Waals surface area contributed by atoms with E-state index >= 15 is 0 Å². The molecule has 0 saturated heterocycles. The van der Waals surface area contributed by atoms with Gasteiger partial charge in [-0.3, -0.25) is 0 Å². The maximum atomic E-state index is 13.3. The largest absolute Gasteiger partial charge is 0.487 e. The van der Waals surface area contributed by atoms with Crippen LogP contribution in [0, 0.1) is 18.7 Å². The van der Waals surface area contributed by atoms with Crippen molar-refractivity contribution in [2.75, 3.05) is 0 Å². The first-order valence-electron chi connectivity index (χ1n) is 9.43. The Kier molecular flexibility index (Phi) is 8.27. The molecular formula is C21H32FNO5. The minimum absolute atomic E-state index is 0.0339. The van der Waals surface area contributed by atoms with Crippen molar-refractivity contribution in [1.29, 1.82) is 0 Å². The second-order valence-electron chi connectivity index (χ2n) is 8.25. The van der Waals surface area contributed by atoms with Crippen LogP contribution in [0.4, 0.5) is 9.18 Å². The molecule has 0 fully saturated rings. The summed E-state index contributed by atoms with van der Waals surface area (Å²) in [5, 5.41) is 2.47. The highest BCUT2D eigenvalue weighted by Gasteiger charge is 2.30. The number of ether oxygens (including phenoxy) is 3. The summed E-state index contributed by atoms with van der Waals surface area (Å²) >= 11 is 0. The van der Waals surface area contributed by atoms with E-state index in [0.717, 1.165) is 0 Å². The van der Waals surface area contributed by atoms with Crippen LogP contribution in [0.15, 0.2) is 18.2 Å². The molecule has 0 aliphatic rings. The van der Waals surface area contributed by atoms with Gasteiger partial charge in [0.15, 0.2) is 0 Å². The zero-order chi connectivity index (χ0) is 21.6. The molecule has 0 aliphatic carbocycles. The molecule has 6 nitrogen and oxygen atoms in total. The van der Waals surface area contributed by atoms with Crippen molar-refractivity contribution in [2.45, 2.75) is 79.2 Å². The molecule has 0 aromatic heterocycles. The van der Waals surface area contributed by atoms with E-state index in [9.17, 15) is 14.0 Å². The van der Waals surface area contributed by atoms with E-state index in [1.165, 1.54) is 19.1 Å². The molecular weight excluding hydrogens is 365 g/mol. The molecule has 0 spiro atoms. The number of aryl methyl sites for hydroxylation is 1. The minimum Gasteiger partial charge on any atom is -0.487 e. The third-order valence-electron chi connectivity index (χ3n) is 3.91. The van der Waals surface area contributed by atoms with Gasteiger partial charge in [-0.1, -0.05) is 13.8 Å². The summed E-state index contributed by atoms with van der Waals surface area (Å²) in [7, 11) is 0. The maximum Gasteiger partial charge on any atom is 0.408 e. The van der Waals surface area contributed by atoms with Crippen molar-refractivity contribution in [3.05, 3.63) is 29.6 Å². The third-order valence-corrected chi connectivity index (χ3v) is 3.91. The number of carbonyl (C=O) groups is 2. The molecule has 3 atom stereocenters. The number of hydrogen-bond acceptors (Lipinski definition) is 5. The van der Waals surface area contributed by atoms with Gasteiger partial charge in [0.2, 0.25) is 0 Å². The van der Waals surface area contributed by atoms with Gasteiger partial charge in [-0.2, -0.15) is 0 Å². The Morgan fingerprint density at radius 3 is 2.21 bits per heavy atom. The Morgan fingerprint density at radius 2 is 1.71 bits per heavy atom. The molecule has 1 aromatic carbocycles. The van der Waals surface area contributed by atoms with Gasteiger partial charge in [0.05, 0.1) is 0 Å². The van der Waals surface area contributed by atoms with Gasteiger partial charge in [0.25, 0.3) is 0 Å². The summed E-state index contributed by atoms with van der Waals surface area (Å²) in [5.74, 6) is -0.439. The zero-order valence-corrected chi connectivity index (χ0v) is 18.0. The van der Waals surface area contributed by atoms with Gasteiger partial charge >= 0.3 is 12.1 Å². The topological polar surface area (TPSA) is 73.9 Å². The SMILES string of the molecule is Cc1cc(F)ccc1O[C@@H](C)C(OC(=O)[C@H](C)NC(=O)OC(C)(C)C)C(C)C. The minimum atomic E-state index is -0.879. The Labute approximate surface area is 166 Å². The number of amides is 1. The van der Waals surface area contributed by atoms with E-state index in [2.05, 4.69) is 5.32 Å². The van der Waals surface area contributed by atoms with Crippen molar-refractivity contribution >= 4 is 12.1 Å². The van der Waals surface area contributed by atoms with E-state index in [4.69, 9.17) is 14.2 Å². The van der Waals surface area contributed by atoms with Gasteiger partial charge in [-0.05, 0) is 71.2 Å². The predicted octanol–water partition coefficient (Wildman–Crippen LogP) is 4.38. The van der Waals surface area contributed by atoms with Crippen LogP contribution in [0.2, 0.25) is 0 Å². The first-order valence-corrected chi connectivity index (χ1v) is 9.43. The average molecular weight is 397 g/mol. The number of alkyl carbamates (subject to hydrolysis) is 1. The zero-order valence-electron chi connectivity index (χ0n) is 18.0. The summed E-state index contributed by atoms with van der Waals surface area (Å²) in [4.78, 5) is 24.3. The highest BCUT2D eigenvalue weighted by molar-refractivity contribution is 5.81. The average Bonchev–Trinajstić information content (AvgIpc) is 2.52. The lowest BCUT2D eigenvalue weighted by Gasteiger charge is -2.29. The standard InChI is InChI=1S/C21H32FNO5/c1-12(2)18(15(5)26-17-10-9-16(22)11-13(17)3)27-19(24)14(4)23-20(25)28-21(6,7)8/h9-12,14-15,18H,1-8H3,(H,23,25)/t14-,15-,18?/m0/s1. The van der Waals surface area contributed by atoms with Gasteiger partial charge in [0.1, 0.15) is 35.4 Å². The highest BCUT2D eigenvalue weighted by Crippen LogP contribution is 2.23. The van der Waals surface area contributed by atoms with Crippen molar-refractivity contribution in [2.24, 2.45) is 5.92 Å². The van der Waals surface area contributed by atoms with E-state index in [-0.39, 0.29) is 11.7 Å². The Bertz CT molecular complexity index is 684. The van der Waals surface area contributed by atoms with Crippen molar-refractivity contribution in [1.82, 2.24) is 5.32 Å². The fourth-order valence-corrected chi connectivity index (χ4v) is 2.57. The lowest BCUT2D eigenvalue weighted by molar-refractivity contribution is -0.158. The predicted molar refractivity (Wildman–Crippen MR) is 105 cm³/mol. The summed E-state index contributed by atoms with van der Waals surface area (Å²) < 4.78 is 29.9. The normalized spacial score (nSPS) is 14.8. The van der Waals surface area contributed by atoms with Crippen LogP contribution in [0.1, 0.15) is 54.0 Å². The van der Waals surface area contributed by atoms with Crippen molar-refractivity contribution in [3.8, 4) is 5.75 Å². The van der Waals surface area contributed by atoms with E-state index < -0.39 is 35.9 Å². The van der Waals surface area contributed by atoms with Crippen LogP contribution in [-0.4, -0.2) is 35.9 Å². The van der Waals surface area contributed by atoms with Gasteiger partial charge in [-0.25, -0.2) is 14.0 Å². The lowest BCUT2D eigenvalue weighted by Crippen LogP contribution is -2.46. The number of esters is 1. The van der Waals surface area contributed by atoms with Crippen LogP contribution in [0.25, 0.3) is 0 Å². The van der Waals surface area contributed by atoms with Crippen LogP contribution >= 0.6 is 0 Å². The number of rotatable bonds is 7. The van der Waals surface area contributed by atoms with Crippen molar-refractivity contribution < 1.29 is 28.2 Å². The summed E-state index contributed by atoms with van der Waals surface area (Å²) in [6.07, 6.45) is -1.72. The molecule has 1 amide bonds. The monoisotopic (exact) mass is 397 g/mol. The molecule has 7 heteroatoms. The molecule has 1 unspecified atom stereocenters. The Morgan fingerprint density at radius 1 is 1.11 bits per heavy atom. The molecule has 1 N–H and O–H groups in total. The molecule has 0 heterocycles. The second-order valence-corrected chi connectivity index (χ2v) is 8.25. The summed E-state index contributed by atoms with van der Waals surface area (Å²) in [5.41, 5.74) is -0.00977. The fourth-order valence-electron chi connectivity index (χ4n) is 2.57.